The third kappa shape index (κ3) is 3.99. The van der Waals surface area contributed by atoms with Gasteiger partial charge in [-0.25, -0.2) is 4.39 Å². The maximum atomic E-state index is 13.3. The maximum Gasteiger partial charge on any atom is 0.237 e. The summed E-state index contributed by atoms with van der Waals surface area (Å²) in [5.41, 5.74) is 1.44. The van der Waals surface area contributed by atoms with Crippen LogP contribution in [0.2, 0.25) is 0 Å². The molecule has 4 rings (SSSR count). The molecule has 0 radical (unpaired) electrons. The molecule has 0 unspecified atom stereocenters. The number of hydrogen-bond acceptors (Lipinski definition) is 8. The highest BCUT2D eigenvalue weighted by molar-refractivity contribution is 7.98. The molecule has 0 aliphatic heterocycles. The van der Waals surface area contributed by atoms with Crippen molar-refractivity contribution in [3.8, 4) is 28.6 Å². The lowest BCUT2D eigenvalue weighted by Gasteiger charge is -2.07. The summed E-state index contributed by atoms with van der Waals surface area (Å²) in [5, 5.41) is 13.0. The van der Waals surface area contributed by atoms with Gasteiger partial charge in [0.05, 0.1) is 25.5 Å². The lowest BCUT2D eigenvalue weighted by molar-refractivity contribution is 0.389. The van der Waals surface area contributed by atoms with Crippen LogP contribution in [0.1, 0.15) is 11.7 Å². The van der Waals surface area contributed by atoms with E-state index in [0.29, 0.717) is 45.5 Å². The zero-order chi connectivity index (χ0) is 21.1. The van der Waals surface area contributed by atoms with E-state index in [0.717, 1.165) is 5.69 Å². The quantitative estimate of drug-likeness (QED) is 0.408. The molecule has 2 aromatic heterocycles. The molecule has 0 aliphatic carbocycles. The Balaban J connectivity index is 1.55. The second-order valence-corrected chi connectivity index (χ2v) is 7.15. The molecule has 0 saturated carbocycles. The predicted molar refractivity (Wildman–Crippen MR) is 108 cm³/mol. The van der Waals surface area contributed by atoms with Gasteiger partial charge in [-0.1, -0.05) is 16.9 Å². The molecule has 2 heterocycles. The van der Waals surface area contributed by atoms with Gasteiger partial charge in [0, 0.05) is 5.69 Å². The van der Waals surface area contributed by atoms with Gasteiger partial charge in [-0.15, -0.1) is 10.2 Å². The van der Waals surface area contributed by atoms with Crippen LogP contribution < -0.4 is 9.47 Å². The summed E-state index contributed by atoms with van der Waals surface area (Å²) in [6.45, 7) is 1.83. The van der Waals surface area contributed by atoms with Gasteiger partial charge in [-0.2, -0.15) is 4.98 Å². The van der Waals surface area contributed by atoms with Crippen molar-refractivity contribution in [3.05, 3.63) is 60.0 Å². The van der Waals surface area contributed by atoms with Gasteiger partial charge >= 0.3 is 0 Å². The molecule has 0 amide bonds. The van der Waals surface area contributed by atoms with E-state index in [1.54, 1.807) is 44.6 Å². The number of rotatable bonds is 7. The molecular formula is C20H18FN5O3S. The van der Waals surface area contributed by atoms with Crippen molar-refractivity contribution in [1.82, 2.24) is 24.9 Å². The summed E-state index contributed by atoms with van der Waals surface area (Å²) in [5.74, 6) is 2.88. The number of benzene rings is 2. The van der Waals surface area contributed by atoms with Gasteiger partial charge in [-0.05, 0) is 49.4 Å². The second kappa shape index (κ2) is 8.54. The van der Waals surface area contributed by atoms with E-state index in [4.69, 9.17) is 14.0 Å². The zero-order valence-corrected chi connectivity index (χ0v) is 17.3. The first-order chi connectivity index (χ1) is 14.6. The molecule has 30 heavy (non-hydrogen) atoms. The second-order valence-electron chi connectivity index (χ2n) is 6.21. The van der Waals surface area contributed by atoms with Crippen LogP contribution in [0.3, 0.4) is 0 Å². The fourth-order valence-electron chi connectivity index (χ4n) is 2.86. The van der Waals surface area contributed by atoms with Crippen LogP contribution in [0, 0.1) is 12.7 Å². The summed E-state index contributed by atoms with van der Waals surface area (Å²) in [4.78, 5) is 4.46. The van der Waals surface area contributed by atoms with Crippen molar-refractivity contribution >= 4 is 11.8 Å². The number of ether oxygens (including phenoxy) is 2. The number of aryl methyl sites for hydroxylation is 1. The van der Waals surface area contributed by atoms with E-state index < -0.39 is 0 Å². The van der Waals surface area contributed by atoms with Crippen molar-refractivity contribution in [2.75, 3.05) is 14.2 Å². The zero-order valence-electron chi connectivity index (χ0n) is 16.5. The molecule has 0 fully saturated rings. The van der Waals surface area contributed by atoms with Crippen LogP contribution in [0.25, 0.3) is 17.1 Å². The van der Waals surface area contributed by atoms with Crippen molar-refractivity contribution in [3.63, 3.8) is 0 Å². The largest absolute Gasteiger partial charge is 0.497 e. The number of methoxy groups -OCH3 is 2. The third-order valence-corrected chi connectivity index (χ3v) is 5.23. The Labute approximate surface area is 176 Å². The minimum Gasteiger partial charge on any atom is -0.497 e. The average molecular weight is 427 g/mol. The molecule has 2 aromatic carbocycles. The standard InChI is InChI=1S/C20H18FN5O3S/c1-12-23-24-20(26(12)14-6-4-13(21)5-7-14)30-11-18-22-19(25-29-18)16-10-15(27-2)8-9-17(16)28-3/h4-10H,11H2,1-3H3. The Morgan fingerprint density at radius 1 is 1.07 bits per heavy atom. The highest BCUT2D eigenvalue weighted by atomic mass is 32.2. The predicted octanol–water partition coefficient (Wildman–Crippen LogP) is 4.07. The monoisotopic (exact) mass is 427 g/mol. The minimum absolute atomic E-state index is 0.301. The molecule has 8 nitrogen and oxygen atoms in total. The molecule has 0 aliphatic rings. The minimum atomic E-state index is -0.301. The lowest BCUT2D eigenvalue weighted by atomic mass is 10.2. The van der Waals surface area contributed by atoms with Gasteiger partial charge in [0.15, 0.2) is 5.16 Å². The molecule has 10 heteroatoms. The average Bonchev–Trinajstić information content (AvgIpc) is 3.39. The highest BCUT2D eigenvalue weighted by Gasteiger charge is 2.17. The maximum absolute atomic E-state index is 13.3. The van der Waals surface area contributed by atoms with E-state index in [-0.39, 0.29) is 5.82 Å². The SMILES string of the molecule is COc1ccc(OC)c(-c2noc(CSc3nnc(C)n3-c3ccc(F)cc3)n2)c1. The molecule has 154 valence electrons. The summed E-state index contributed by atoms with van der Waals surface area (Å²) >= 11 is 1.39. The van der Waals surface area contributed by atoms with E-state index in [9.17, 15) is 4.39 Å². The van der Waals surface area contributed by atoms with Gasteiger partial charge in [0.1, 0.15) is 23.1 Å². The molecule has 0 spiro atoms. The smallest absolute Gasteiger partial charge is 0.237 e. The van der Waals surface area contributed by atoms with Crippen LogP contribution in [0.4, 0.5) is 4.39 Å². The van der Waals surface area contributed by atoms with E-state index >= 15 is 0 Å². The van der Waals surface area contributed by atoms with Crippen LogP contribution in [0.15, 0.2) is 52.1 Å². The Morgan fingerprint density at radius 3 is 2.60 bits per heavy atom. The lowest BCUT2D eigenvalue weighted by Crippen LogP contribution is -1.99. The van der Waals surface area contributed by atoms with Crippen molar-refractivity contribution in [2.45, 2.75) is 17.8 Å². The van der Waals surface area contributed by atoms with Crippen LogP contribution >= 0.6 is 11.8 Å². The van der Waals surface area contributed by atoms with Gasteiger partial charge in [-0.3, -0.25) is 4.57 Å². The number of hydrogen-bond donors (Lipinski definition) is 0. The van der Waals surface area contributed by atoms with Crippen molar-refractivity contribution in [2.24, 2.45) is 0 Å². The third-order valence-electron chi connectivity index (χ3n) is 4.32. The Bertz CT molecular complexity index is 1160. The van der Waals surface area contributed by atoms with Crippen LogP contribution in [0.5, 0.6) is 11.5 Å². The van der Waals surface area contributed by atoms with E-state index in [1.165, 1.54) is 23.9 Å². The summed E-state index contributed by atoms with van der Waals surface area (Å²) in [6.07, 6.45) is 0. The molecule has 0 saturated heterocycles. The van der Waals surface area contributed by atoms with Crippen LogP contribution in [-0.4, -0.2) is 39.1 Å². The van der Waals surface area contributed by atoms with Gasteiger partial charge < -0.3 is 14.0 Å². The highest BCUT2D eigenvalue weighted by Crippen LogP contribution is 2.32. The Hall–Kier alpha value is -3.40. The number of halogens is 1. The Morgan fingerprint density at radius 2 is 1.87 bits per heavy atom. The van der Waals surface area contributed by atoms with Crippen LogP contribution in [-0.2, 0) is 5.75 Å². The molecule has 4 aromatic rings. The molecule has 0 bridgehead atoms. The fraction of sp³-hybridized carbons (Fsp3) is 0.200. The first-order valence-electron chi connectivity index (χ1n) is 8.95. The fourth-order valence-corrected chi connectivity index (χ4v) is 3.70. The topological polar surface area (TPSA) is 88.1 Å². The summed E-state index contributed by atoms with van der Waals surface area (Å²) < 4.78 is 31.1. The van der Waals surface area contributed by atoms with E-state index in [1.807, 2.05) is 11.5 Å². The van der Waals surface area contributed by atoms with E-state index in [2.05, 4.69) is 20.3 Å². The van der Waals surface area contributed by atoms with Gasteiger partial charge in [0.25, 0.3) is 0 Å². The first-order valence-corrected chi connectivity index (χ1v) is 9.93. The summed E-state index contributed by atoms with van der Waals surface area (Å²) in [7, 11) is 3.16. The number of nitrogens with zero attached hydrogens (tertiary/aromatic N) is 5. The van der Waals surface area contributed by atoms with Crippen molar-refractivity contribution in [1.29, 1.82) is 0 Å². The summed E-state index contributed by atoms with van der Waals surface area (Å²) in [6, 6.07) is 11.5. The molecule has 0 N–H and O–H groups in total. The molecule has 0 atom stereocenters. The van der Waals surface area contributed by atoms with Crippen molar-refractivity contribution < 1.29 is 18.4 Å². The number of thioether (sulfide) groups is 1. The first kappa shape index (κ1) is 19.9. The Kier molecular flexibility index (Phi) is 5.66. The normalized spacial score (nSPS) is 10.9. The molecular weight excluding hydrogens is 409 g/mol. The number of aromatic nitrogens is 5. The van der Waals surface area contributed by atoms with Gasteiger partial charge in [0.2, 0.25) is 11.7 Å².